The van der Waals surface area contributed by atoms with Crippen molar-refractivity contribution in [3.63, 3.8) is 0 Å². The Bertz CT molecular complexity index is 882. The van der Waals surface area contributed by atoms with Crippen LogP contribution in [0.3, 0.4) is 0 Å². The van der Waals surface area contributed by atoms with Gasteiger partial charge in [-0.1, -0.05) is 0 Å². The minimum absolute atomic E-state index is 0.0252. The predicted octanol–water partition coefficient (Wildman–Crippen LogP) is 1.79. The smallest absolute Gasteiger partial charge is 0.246 e. The number of methoxy groups -OCH3 is 2. The zero-order valence-electron chi connectivity index (χ0n) is 14.6. The van der Waals surface area contributed by atoms with Crippen LogP contribution in [0.1, 0.15) is 6.92 Å². The maximum atomic E-state index is 12.4. The summed E-state index contributed by atoms with van der Waals surface area (Å²) in [6.45, 7) is 1.69. The van der Waals surface area contributed by atoms with E-state index in [1.54, 1.807) is 32.2 Å². The molecule has 0 saturated heterocycles. The third-order valence-corrected chi connectivity index (χ3v) is 4.55. The van der Waals surface area contributed by atoms with Crippen molar-refractivity contribution >= 4 is 27.3 Å². The summed E-state index contributed by atoms with van der Waals surface area (Å²) in [7, 11) is -0.689. The summed E-state index contributed by atoms with van der Waals surface area (Å²) < 4.78 is 32.9. The number of carbonyl (C=O) groups excluding carboxylic acids is 1. The fourth-order valence-electron chi connectivity index (χ4n) is 2.20. The number of carbonyl (C=O) groups is 1. The topological polar surface area (TPSA) is 120 Å². The zero-order valence-corrected chi connectivity index (χ0v) is 15.5. The van der Waals surface area contributed by atoms with Gasteiger partial charge in [0.1, 0.15) is 17.5 Å². The number of benzene rings is 2. The highest BCUT2D eigenvalue weighted by Gasteiger charge is 2.16. The Kier molecular flexibility index (Phi) is 6.06. The van der Waals surface area contributed by atoms with Gasteiger partial charge in [0.2, 0.25) is 15.9 Å². The average Bonchev–Trinajstić information content (AvgIpc) is 2.61. The first-order valence-corrected chi connectivity index (χ1v) is 9.21. The van der Waals surface area contributed by atoms with Crippen LogP contribution in [0.5, 0.6) is 11.5 Å². The van der Waals surface area contributed by atoms with E-state index in [2.05, 4.69) is 10.6 Å². The number of nitrogens with two attached hydrogens (primary N) is 1. The van der Waals surface area contributed by atoms with Crippen LogP contribution in [0.2, 0.25) is 0 Å². The second-order valence-corrected chi connectivity index (χ2v) is 7.05. The molecule has 0 aliphatic carbocycles. The monoisotopic (exact) mass is 379 g/mol. The first-order valence-electron chi connectivity index (χ1n) is 7.67. The van der Waals surface area contributed by atoms with Gasteiger partial charge in [0.25, 0.3) is 0 Å². The molecule has 0 aromatic heterocycles. The van der Waals surface area contributed by atoms with Crippen molar-refractivity contribution in [1.82, 2.24) is 0 Å². The fourth-order valence-corrected chi connectivity index (χ4v) is 2.72. The fraction of sp³-hybridized carbons (Fsp3) is 0.235. The van der Waals surface area contributed by atoms with Gasteiger partial charge in [-0.15, -0.1) is 0 Å². The maximum absolute atomic E-state index is 12.4. The number of rotatable bonds is 7. The van der Waals surface area contributed by atoms with Crippen LogP contribution < -0.4 is 25.2 Å². The molecular weight excluding hydrogens is 358 g/mol. The van der Waals surface area contributed by atoms with E-state index < -0.39 is 16.1 Å². The Morgan fingerprint density at radius 2 is 1.73 bits per heavy atom. The van der Waals surface area contributed by atoms with Crippen LogP contribution in [0.4, 0.5) is 11.4 Å². The van der Waals surface area contributed by atoms with Crippen LogP contribution in [-0.2, 0) is 14.8 Å². The van der Waals surface area contributed by atoms with E-state index in [9.17, 15) is 13.2 Å². The van der Waals surface area contributed by atoms with Crippen molar-refractivity contribution < 1.29 is 22.7 Å². The number of amides is 1. The van der Waals surface area contributed by atoms with Gasteiger partial charge in [0, 0.05) is 11.8 Å². The van der Waals surface area contributed by atoms with E-state index in [0.717, 1.165) is 0 Å². The zero-order chi connectivity index (χ0) is 19.3. The molecule has 1 atom stereocenters. The van der Waals surface area contributed by atoms with Gasteiger partial charge >= 0.3 is 0 Å². The summed E-state index contributed by atoms with van der Waals surface area (Å²) in [4.78, 5) is 12.3. The van der Waals surface area contributed by atoms with Gasteiger partial charge in [0.05, 0.1) is 24.8 Å². The van der Waals surface area contributed by atoms with Crippen molar-refractivity contribution in [3.05, 3.63) is 42.5 Å². The Morgan fingerprint density at radius 3 is 2.27 bits per heavy atom. The second-order valence-electron chi connectivity index (χ2n) is 5.49. The largest absolute Gasteiger partial charge is 0.497 e. The number of anilines is 2. The lowest BCUT2D eigenvalue weighted by Crippen LogP contribution is -2.32. The first kappa shape index (κ1) is 19.5. The highest BCUT2D eigenvalue weighted by atomic mass is 32.2. The molecule has 0 saturated carbocycles. The van der Waals surface area contributed by atoms with Crippen molar-refractivity contribution in [2.75, 3.05) is 24.9 Å². The minimum atomic E-state index is -3.77. The SMILES string of the molecule is COc1ccc(OC)c(N[C@H](C)C(=O)Nc2ccc(S(N)(=O)=O)cc2)c1. The molecule has 26 heavy (non-hydrogen) atoms. The minimum Gasteiger partial charge on any atom is -0.497 e. The van der Waals surface area contributed by atoms with E-state index in [0.29, 0.717) is 22.9 Å². The lowest BCUT2D eigenvalue weighted by Gasteiger charge is -2.18. The normalized spacial score (nSPS) is 12.2. The second kappa shape index (κ2) is 8.07. The van der Waals surface area contributed by atoms with Crippen molar-refractivity contribution in [2.24, 2.45) is 5.14 Å². The van der Waals surface area contributed by atoms with Gasteiger partial charge < -0.3 is 20.1 Å². The van der Waals surface area contributed by atoms with Crippen LogP contribution in [-0.4, -0.2) is 34.6 Å². The molecule has 8 nitrogen and oxygen atoms in total. The highest BCUT2D eigenvalue weighted by molar-refractivity contribution is 7.89. The molecule has 0 unspecified atom stereocenters. The summed E-state index contributed by atoms with van der Waals surface area (Å²) in [6.07, 6.45) is 0. The molecule has 0 spiro atoms. The van der Waals surface area contributed by atoms with Gasteiger partial charge in [-0.3, -0.25) is 4.79 Å². The number of nitrogens with one attached hydrogen (secondary N) is 2. The molecule has 2 aromatic carbocycles. The predicted molar refractivity (Wildman–Crippen MR) is 99.1 cm³/mol. The van der Waals surface area contributed by atoms with Crippen LogP contribution >= 0.6 is 0 Å². The van der Waals surface area contributed by atoms with Gasteiger partial charge in [-0.2, -0.15) is 0 Å². The van der Waals surface area contributed by atoms with Crippen molar-refractivity contribution in [1.29, 1.82) is 0 Å². The molecule has 0 radical (unpaired) electrons. The number of hydrogen-bond acceptors (Lipinski definition) is 6. The molecular formula is C17H21N3O5S. The molecule has 140 valence electrons. The molecule has 4 N–H and O–H groups in total. The number of hydrogen-bond donors (Lipinski definition) is 3. The van der Waals surface area contributed by atoms with Crippen molar-refractivity contribution in [3.8, 4) is 11.5 Å². The summed E-state index contributed by atoms with van der Waals surface area (Å²) in [5, 5.41) is 10.8. The Morgan fingerprint density at radius 1 is 1.08 bits per heavy atom. The molecule has 1 amide bonds. The maximum Gasteiger partial charge on any atom is 0.246 e. The third-order valence-electron chi connectivity index (χ3n) is 3.62. The van der Waals surface area contributed by atoms with Gasteiger partial charge in [-0.05, 0) is 43.3 Å². The summed E-state index contributed by atoms with van der Waals surface area (Å²) in [5.74, 6) is 0.890. The summed E-state index contributed by atoms with van der Waals surface area (Å²) >= 11 is 0. The molecule has 0 fully saturated rings. The number of primary sulfonamides is 1. The van der Waals surface area contributed by atoms with E-state index >= 15 is 0 Å². The Labute approximate surface area is 152 Å². The van der Waals surface area contributed by atoms with Crippen molar-refractivity contribution in [2.45, 2.75) is 17.9 Å². The molecule has 0 aliphatic heterocycles. The Balaban J connectivity index is 2.08. The molecule has 2 rings (SSSR count). The lowest BCUT2D eigenvalue weighted by molar-refractivity contribution is -0.116. The van der Waals surface area contributed by atoms with E-state index in [4.69, 9.17) is 14.6 Å². The third kappa shape index (κ3) is 4.87. The molecule has 2 aromatic rings. The van der Waals surface area contributed by atoms with Gasteiger partial charge in [-0.25, -0.2) is 13.6 Å². The summed E-state index contributed by atoms with van der Waals surface area (Å²) in [6, 6.07) is 10.2. The van der Waals surface area contributed by atoms with E-state index in [-0.39, 0.29) is 10.8 Å². The summed E-state index contributed by atoms with van der Waals surface area (Å²) in [5.41, 5.74) is 1.06. The van der Waals surface area contributed by atoms with Crippen LogP contribution in [0, 0.1) is 0 Å². The molecule has 0 aliphatic rings. The standard InChI is InChI=1S/C17H21N3O5S/c1-11(19-15-10-13(24-2)6-9-16(15)25-3)17(21)20-12-4-7-14(8-5-12)26(18,22)23/h4-11,19H,1-3H3,(H,20,21)(H2,18,22,23)/t11-/m1/s1. The first-order chi connectivity index (χ1) is 12.2. The quantitative estimate of drug-likeness (QED) is 0.675. The Hall–Kier alpha value is -2.78. The number of ether oxygens (including phenoxy) is 2. The highest BCUT2D eigenvalue weighted by Crippen LogP contribution is 2.29. The van der Waals surface area contributed by atoms with E-state index in [1.165, 1.54) is 31.4 Å². The van der Waals surface area contributed by atoms with Gasteiger partial charge in [0.15, 0.2) is 0 Å². The van der Waals surface area contributed by atoms with E-state index in [1.807, 2.05) is 0 Å². The van der Waals surface area contributed by atoms with Crippen LogP contribution in [0.25, 0.3) is 0 Å². The molecule has 0 heterocycles. The molecule has 9 heteroatoms. The lowest BCUT2D eigenvalue weighted by atomic mass is 10.2. The number of sulfonamides is 1. The average molecular weight is 379 g/mol. The molecule has 0 bridgehead atoms. The van der Waals surface area contributed by atoms with Crippen LogP contribution in [0.15, 0.2) is 47.4 Å².